The molecule has 0 amide bonds. The zero-order valence-electron chi connectivity index (χ0n) is 11.3. The first-order valence-electron chi connectivity index (χ1n) is 5.94. The molecule has 0 unspecified atom stereocenters. The molecule has 0 saturated carbocycles. The van der Waals surface area contributed by atoms with Crippen LogP contribution in [-0.2, 0) is 13.6 Å². The number of aryl methyl sites for hydroxylation is 2. The van der Waals surface area contributed by atoms with Crippen LogP contribution in [0.1, 0.15) is 17.0 Å². The van der Waals surface area contributed by atoms with Crippen molar-refractivity contribution in [2.75, 3.05) is 7.11 Å². The molecule has 18 heavy (non-hydrogen) atoms. The van der Waals surface area contributed by atoms with Crippen LogP contribution in [0.5, 0.6) is 5.75 Å². The van der Waals surface area contributed by atoms with Gasteiger partial charge in [-0.15, -0.1) is 0 Å². The minimum Gasteiger partial charge on any atom is -0.496 e. The van der Waals surface area contributed by atoms with Gasteiger partial charge >= 0.3 is 0 Å². The topological polar surface area (TPSA) is 53.1 Å². The fourth-order valence-electron chi connectivity index (χ4n) is 2.29. The van der Waals surface area contributed by atoms with Crippen LogP contribution >= 0.6 is 0 Å². The molecule has 1 aromatic carbocycles. The van der Waals surface area contributed by atoms with Crippen LogP contribution < -0.4 is 10.5 Å². The number of nitrogens with two attached hydrogens (primary N) is 1. The third kappa shape index (κ3) is 1.99. The highest BCUT2D eigenvalue weighted by atomic mass is 16.5. The Labute approximate surface area is 107 Å². The van der Waals surface area contributed by atoms with Gasteiger partial charge < -0.3 is 15.0 Å². The zero-order chi connectivity index (χ0) is 13.3. The normalized spacial score (nSPS) is 10.7. The van der Waals surface area contributed by atoms with Gasteiger partial charge in [0.2, 0.25) is 0 Å². The molecule has 0 spiro atoms. The maximum Gasteiger partial charge on any atom is 0.128 e. The summed E-state index contributed by atoms with van der Waals surface area (Å²) in [5, 5.41) is 0. The van der Waals surface area contributed by atoms with Crippen molar-refractivity contribution in [2.45, 2.75) is 20.4 Å². The molecule has 96 valence electrons. The van der Waals surface area contributed by atoms with Crippen molar-refractivity contribution in [3.63, 3.8) is 0 Å². The molecule has 2 N–H and O–H groups in total. The van der Waals surface area contributed by atoms with Gasteiger partial charge in [0.15, 0.2) is 0 Å². The highest BCUT2D eigenvalue weighted by Crippen LogP contribution is 2.34. The van der Waals surface area contributed by atoms with Gasteiger partial charge in [0.25, 0.3) is 0 Å². The Balaban J connectivity index is 2.66. The largest absolute Gasteiger partial charge is 0.496 e. The third-order valence-electron chi connectivity index (χ3n) is 3.19. The van der Waals surface area contributed by atoms with Gasteiger partial charge in [0, 0.05) is 12.6 Å². The summed E-state index contributed by atoms with van der Waals surface area (Å²) in [5.74, 6) is 1.74. The molecule has 0 atom stereocenters. The van der Waals surface area contributed by atoms with Crippen molar-refractivity contribution in [1.29, 1.82) is 0 Å². The summed E-state index contributed by atoms with van der Waals surface area (Å²) in [4.78, 5) is 4.33. The molecule has 0 radical (unpaired) electrons. The van der Waals surface area contributed by atoms with Crippen LogP contribution in [0.2, 0.25) is 0 Å². The Morgan fingerprint density at radius 1 is 1.33 bits per heavy atom. The summed E-state index contributed by atoms with van der Waals surface area (Å²) < 4.78 is 7.50. The molecule has 0 aliphatic heterocycles. The van der Waals surface area contributed by atoms with Gasteiger partial charge in [-0.3, -0.25) is 0 Å². The summed E-state index contributed by atoms with van der Waals surface area (Å²) in [7, 11) is 3.67. The van der Waals surface area contributed by atoms with E-state index in [0.717, 1.165) is 22.8 Å². The van der Waals surface area contributed by atoms with Gasteiger partial charge in [-0.25, -0.2) is 4.98 Å². The zero-order valence-corrected chi connectivity index (χ0v) is 11.3. The summed E-state index contributed by atoms with van der Waals surface area (Å²) in [6.07, 6.45) is 1.85. The van der Waals surface area contributed by atoms with Crippen LogP contribution in [0, 0.1) is 13.8 Å². The standard InChI is InChI=1S/C14H19N3O/c1-9-5-10(2)14(12(6-9)18-4)11-8-16-13(7-15)17(11)3/h5-6,8H,7,15H2,1-4H3. The Bertz CT molecular complexity index is 573. The number of methoxy groups -OCH3 is 1. The van der Waals surface area contributed by atoms with E-state index in [1.807, 2.05) is 23.9 Å². The Morgan fingerprint density at radius 2 is 2.06 bits per heavy atom. The monoisotopic (exact) mass is 245 g/mol. The van der Waals surface area contributed by atoms with Gasteiger partial charge in [-0.2, -0.15) is 0 Å². The van der Waals surface area contributed by atoms with Crippen molar-refractivity contribution < 1.29 is 4.74 Å². The first kappa shape index (κ1) is 12.6. The SMILES string of the molecule is COc1cc(C)cc(C)c1-c1cnc(CN)n1C. The van der Waals surface area contributed by atoms with Gasteiger partial charge in [0.1, 0.15) is 11.6 Å². The quantitative estimate of drug-likeness (QED) is 0.901. The molecule has 0 saturated heterocycles. The second-order valence-electron chi connectivity index (χ2n) is 4.48. The number of aromatic nitrogens is 2. The number of rotatable bonds is 3. The van der Waals surface area contributed by atoms with E-state index in [0.29, 0.717) is 6.54 Å². The minimum atomic E-state index is 0.434. The molecule has 1 heterocycles. The van der Waals surface area contributed by atoms with E-state index >= 15 is 0 Å². The van der Waals surface area contributed by atoms with E-state index in [1.165, 1.54) is 11.1 Å². The lowest BCUT2D eigenvalue weighted by atomic mass is 10.0. The number of hydrogen-bond acceptors (Lipinski definition) is 3. The average molecular weight is 245 g/mol. The molecule has 0 aliphatic rings. The van der Waals surface area contributed by atoms with Crippen LogP contribution in [0.15, 0.2) is 18.3 Å². The van der Waals surface area contributed by atoms with Gasteiger partial charge in [0.05, 0.1) is 25.5 Å². The van der Waals surface area contributed by atoms with Crippen molar-refractivity contribution in [2.24, 2.45) is 12.8 Å². The molecular weight excluding hydrogens is 226 g/mol. The maximum absolute atomic E-state index is 5.66. The molecule has 1 aromatic heterocycles. The van der Waals surface area contributed by atoms with E-state index in [2.05, 4.69) is 24.9 Å². The number of imidazole rings is 1. The molecule has 2 aromatic rings. The van der Waals surface area contributed by atoms with Crippen molar-refractivity contribution in [3.8, 4) is 17.0 Å². The van der Waals surface area contributed by atoms with Crippen LogP contribution in [0.3, 0.4) is 0 Å². The second-order valence-corrected chi connectivity index (χ2v) is 4.48. The summed E-state index contributed by atoms with van der Waals surface area (Å²) in [5.41, 5.74) is 10.1. The fraction of sp³-hybridized carbons (Fsp3) is 0.357. The van der Waals surface area contributed by atoms with E-state index < -0.39 is 0 Å². The molecule has 4 nitrogen and oxygen atoms in total. The van der Waals surface area contributed by atoms with E-state index in [-0.39, 0.29) is 0 Å². The lowest BCUT2D eigenvalue weighted by Crippen LogP contribution is -2.06. The lowest BCUT2D eigenvalue weighted by Gasteiger charge is -2.14. The highest BCUT2D eigenvalue weighted by Gasteiger charge is 2.15. The van der Waals surface area contributed by atoms with Crippen molar-refractivity contribution >= 4 is 0 Å². The third-order valence-corrected chi connectivity index (χ3v) is 3.19. The Morgan fingerprint density at radius 3 is 2.61 bits per heavy atom. The van der Waals surface area contributed by atoms with Gasteiger partial charge in [-0.1, -0.05) is 6.07 Å². The predicted octanol–water partition coefficient (Wildman–Crippen LogP) is 2.17. The molecular formula is C14H19N3O. The number of ether oxygens (including phenoxy) is 1. The van der Waals surface area contributed by atoms with E-state index in [9.17, 15) is 0 Å². The molecule has 0 aliphatic carbocycles. The van der Waals surface area contributed by atoms with Crippen LogP contribution in [0.25, 0.3) is 11.3 Å². The predicted molar refractivity (Wildman–Crippen MR) is 72.6 cm³/mol. The van der Waals surface area contributed by atoms with Crippen LogP contribution in [0.4, 0.5) is 0 Å². The summed E-state index contributed by atoms with van der Waals surface area (Å²) in [6, 6.07) is 4.18. The Kier molecular flexibility index (Phi) is 3.39. The molecule has 0 bridgehead atoms. The maximum atomic E-state index is 5.66. The first-order chi connectivity index (χ1) is 8.58. The lowest BCUT2D eigenvalue weighted by molar-refractivity contribution is 0.415. The second kappa shape index (κ2) is 4.82. The van der Waals surface area contributed by atoms with E-state index in [1.54, 1.807) is 7.11 Å². The summed E-state index contributed by atoms with van der Waals surface area (Å²) >= 11 is 0. The van der Waals surface area contributed by atoms with E-state index in [4.69, 9.17) is 10.5 Å². The first-order valence-corrected chi connectivity index (χ1v) is 5.94. The Hall–Kier alpha value is -1.81. The van der Waals surface area contributed by atoms with Crippen LogP contribution in [-0.4, -0.2) is 16.7 Å². The van der Waals surface area contributed by atoms with Gasteiger partial charge in [-0.05, 0) is 31.0 Å². The fourth-order valence-corrected chi connectivity index (χ4v) is 2.29. The minimum absolute atomic E-state index is 0.434. The number of hydrogen-bond donors (Lipinski definition) is 1. The average Bonchev–Trinajstić information content (AvgIpc) is 2.69. The molecule has 4 heteroatoms. The van der Waals surface area contributed by atoms with Crippen molar-refractivity contribution in [3.05, 3.63) is 35.3 Å². The molecule has 0 fully saturated rings. The highest BCUT2D eigenvalue weighted by molar-refractivity contribution is 5.72. The molecule has 2 rings (SSSR count). The van der Waals surface area contributed by atoms with Crippen molar-refractivity contribution in [1.82, 2.24) is 9.55 Å². The number of nitrogens with zero attached hydrogens (tertiary/aromatic N) is 2. The smallest absolute Gasteiger partial charge is 0.128 e. The summed E-state index contributed by atoms with van der Waals surface area (Å²) in [6.45, 7) is 4.58. The number of benzene rings is 1.